The van der Waals surface area contributed by atoms with E-state index in [4.69, 9.17) is 4.74 Å². The summed E-state index contributed by atoms with van der Waals surface area (Å²) in [6.45, 7) is 0. The molecule has 196 valence electrons. The lowest BCUT2D eigenvalue weighted by molar-refractivity contribution is 0.472. The van der Waals surface area contributed by atoms with Crippen LogP contribution in [0.25, 0.3) is 33.4 Å². The highest BCUT2D eigenvalue weighted by atomic mass is 32.2. The molecule has 39 heavy (non-hydrogen) atoms. The minimum absolute atomic E-state index is 0.0494. The van der Waals surface area contributed by atoms with Gasteiger partial charge in [-0.2, -0.15) is 16.8 Å². The highest BCUT2D eigenvalue weighted by Crippen LogP contribution is 2.39. The van der Waals surface area contributed by atoms with Crippen molar-refractivity contribution in [2.45, 2.75) is 9.79 Å². The van der Waals surface area contributed by atoms with Crippen molar-refractivity contribution in [1.82, 2.24) is 30.0 Å². The molecule has 15 heteroatoms. The Morgan fingerprint density at radius 3 is 1.69 bits per heavy atom. The SMILES string of the molecule is O=S(=O)(O)c1ccc(Oc2ccc(S(=O)(=O)O)c(-n3nnc4ccccc43)c2-n2nnc3ccccc32)cc1. The predicted octanol–water partition coefficient (Wildman–Crippen LogP) is 3.44. The Kier molecular flexibility index (Phi) is 5.65. The second-order valence-corrected chi connectivity index (χ2v) is 11.1. The monoisotopic (exact) mass is 564 g/mol. The molecule has 0 aliphatic rings. The second-order valence-electron chi connectivity index (χ2n) is 8.26. The molecule has 6 rings (SSSR count). The third kappa shape index (κ3) is 4.38. The fourth-order valence-electron chi connectivity index (χ4n) is 4.12. The normalized spacial score (nSPS) is 12.3. The van der Waals surface area contributed by atoms with Crippen LogP contribution in [-0.2, 0) is 20.2 Å². The lowest BCUT2D eigenvalue weighted by atomic mass is 10.2. The van der Waals surface area contributed by atoms with Gasteiger partial charge in [-0.25, -0.2) is 9.36 Å². The van der Waals surface area contributed by atoms with E-state index in [9.17, 15) is 25.9 Å². The number of aromatic nitrogens is 6. The first kappa shape index (κ1) is 24.6. The smallest absolute Gasteiger partial charge is 0.296 e. The molecular formula is C24H16N6O7S2. The van der Waals surface area contributed by atoms with E-state index >= 15 is 0 Å². The summed E-state index contributed by atoms with van der Waals surface area (Å²) in [6, 6.07) is 21.1. The third-order valence-corrected chi connectivity index (χ3v) is 7.58. The summed E-state index contributed by atoms with van der Waals surface area (Å²) in [6.07, 6.45) is 0. The van der Waals surface area contributed by atoms with Crippen LogP contribution in [-0.4, -0.2) is 55.9 Å². The molecule has 0 unspecified atom stereocenters. The van der Waals surface area contributed by atoms with E-state index in [1.807, 2.05) is 0 Å². The molecule has 0 radical (unpaired) electrons. The van der Waals surface area contributed by atoms with Gasteiger partial charge in [0.25, 0.3) is 20.2 Å². The number of ether oxygens (including phenoxy) is 1. The number of para-hydroxylation sites is 2. The second kappa shape index (κ2) is 8.95. The van der Waals surface area contributed by atoms with E-state index < -0.39 is 25.1 Å². The van der Waals surface area contributed by atoms with Gasteiger partial charge in [-0.1, -0.05) is 34.7 Å². The minimum Gasteiger partial charge on any atom is -0.455 e. The summed E-state index contributed by atoms with van der Waals surface area (Å²) in [7, 11) is -9.24. The summed E-state index contributed by atoms with van der Waals surface area (Å²) >= 11 is 0. The van der Waals surface area contributed by atoms with Gasteiger partial charge in [-0.05, 0) is 60.7 Å². The summed E-state index contributed by atoms with van der Waals surface area (Å²) in [5.41, 5.74) is 1.81. The average Bonchev–Trinajstić information content (AvgIpc) is 3.52. The highest BCUT2D eigenvalue weighted by molar-refractivity contribution is 7.86. The van der Waals surface area contributed by atoms with Crippen molar-refractivity contribution >= 4 is 42.3 Å². The number of fused-ring (bicyclic) bond motifs is 2. The summed E-state index contributed by atoms with van der Waals surface area (Å²) in [4.78, 5) is -0.837. The molecule has 0 saturated heterocycles. The summed E-state index contributed by atoms with van der Waals surface area (Å²) in [5, 5.41) is 16.7. The van der Waals surface area contributed by atoms with Crippen LogP contribution in [0.15, 0.2) is 94.7 Å². The molecule has 0 atom stereocenters. The van der Waals surface area contributed by atoms with Crippen molar-refractivity contribution < 1.29 is 30.7 Å². The zero-order chi connectivity index (χ0) is 27.4. The number of rotatable bonds is 6. The maximum absolute atomic E-state index is 12.6. The Balaban J connectivity index is 1.68. The predicted molar refractivity (Wildman–Crippen MR) is 137 cm³/mol. The Labute approximate surface area is 220 Å². The van der Waals surface area contributed by atoms with Crippen LogP contribution in [0.4, 0.5) is 0 Å². The third-order valence-electron chi connectivity index (χ3n) is 5.83. The van der Waals surface area contributed by atoms with Gasteiger partial charge < -0.3 is 4.74 Å². The first-order chi connectivity index (χ1) is 18.6. The van der Waals surface area contributed by atoms with Crippen molar-refractivity contribution in [2.24, 2.45) is 0 Å². The van der Waals surface area contributed by atoms with Crippen LogP contribution < -0.4 is 4.74 Å². The molecule has 0 fully saturated rings. The zero-order valence-electron chi connectivity index (χ0n) is 19.5. The van der Waals surface area contributed by atoms with Gasteiger partial charge in [-0.15, -0.1) is 10.2 Å². The van der Waals surface area contributed by atoms with Crippen molar-refractivity contribution in [1.29, 1.82) is 0 Å². The number of hydrogen-bond donors (Lipinski definition) is 2. The van der Waals surface area contributed by atoms with Gasteiger partial charge in [0, 0.05) is 0 Å². The molecule has 13 nitrogen and oxygen atoms in total. The Morgan fingerprint density at radius 1 is 0.615 bits per heavy atom. The molecule has 0 saturated carbocycles. The maximum Gasteiger partial charge on any atom is 0.296 e. The van der Waals surface area contributed by atoms with Crippen LogP contribution in [0, 0.1) is 0 Å². The van der Waals surface area contributed by atoms with E-state index in [-0.39, 0.29) is 27.8 Å². The van der Waals surface area contributed by atoms with Crippen LogP contribution in [0.5, 0.6) is 11.5 Å². The number of benzene rings is 4. The first-order valence-corrected chi connectivity index (χ1v) is 14.0. The Morgan fingerprint density at radius 2 is 1.15 bits per heavy atom. The quantitative estimate of drug-likeness (QED) is 0.283. The molecule has 0 bridgehead atoms. The van der Waals surface area contributed by atoms with Gasteiger partial charge in [0.2, 0.25) is 0 Å². The molecule has 2 N–H and O–H groups in total. The van der Waals surface area contributed by atoms with Crippen LogP contribution in [0.1, 0.15) is 0 Å². The molecular weight excluding hydrogens is 548 g/mol. The van der Waals surface area contributed by atoms with Gasteiger partial charge in [0.05, 0.1) is 15.9 Å². The molecule has 2 aromatic heterocycles. The fraction of sp³-hybridized carbons (Fsp3) is 0. The van der Waals surface area contributed by atoms with E-state index in [1.165, 1.54) is 27.6 Å². The van der Waals surface area contributed by atoms with Crippen molar-refractivity contribution in [3.05, 3.63) is 84.9 Å². The highest BCUT2D eigenvalue weighted by Gasteiger charge is 2.28. The molecule has 6 aromatic rings. The fourth-order valence-corrected chi connectivity index (χ4v) is 5.26. The van der Waals surface area contributed by atoms with Crippen molar-refractivity contribution in [3.8, 4) is 22.9 Å². The first-order valence-electron chi connectivity index (χ1n) is 11.1. The van der Waals surface area contributed by atoms with Crippen LogP contribution >= 0.6 is 0 Å². The van der Waals surface area contributed by atoms with E-state index in [0.717, 1.165) is 18.2 Å². The summed E-state index contributed by atoms with van der Waals surface area (Å²) < 4.78 is 76.3. The topological polar surface area (TPSA) is 179 Å². The van der Waals surface area contributed by atoms with Crippen LogP contribution in [0.3, 0.4) is 0 Å². The summed E-state index contributed by atoms with van der Waals surface area (Å²) in [5.74, 6) is 0.217. The molecule has 0 spiro atoms. The maximum atomic E-state index is 12.6. The standard InChI is InChI=1S/C24H16N6O7S2/c31-38(32,33)16-11-9-15(10-12-16)37-21-13-14-22(39(34,35)36)24(30-20-8-4-2-6-18(20)26-28-30)23(21)29-19-7-3-1-5-17(19)25-27-29/h1-14H,(H,31,32,33)(H,34,35,36). The molecule has 0 aliphatic carbocycles. The zero-order valence-corrected chi connectivity index (χ0v) is 21.2. The molecule has 0 amide bonds. The molecule has 2 heterocycles. The van der Waals surface area contributed by atoms with Crippen molar-refractivity contribution in [3.63, 3.8) is 0 Å². The lowest BCUT2D eigenvalue weighted by Crippen LogP contribution is -2.13. The van der Waals surface area contributed by atoms with Crippen LogP contribution in [0.2, 0.25) is 0 Å². The molecule has 4 aromatic carbocycles. The van der Waals surface area contributed by atoms with E-state index in [0.29, 0.717) is 22.1 Å². The van der Waals surface area contributed by atoms with Crippen molar-refractivity contribution in [2.75, 3.05) is 0 Å². The van der Waals surface area contributed by atoms with Gasteiger partial charge in [-0.3, -0.25) is 9.11 Å². The average molecular weight is 565 g/mol. The number of nitrogens with zero attached hydrogens (tertiary/aromatic N) is 6. The van der Waals surface area contributed by atoms with Gasteiger partial charge >= 0.3 is 0 Å². The largest absolute Gasteiger partial charge is 0.455 e. The van der Waals surface area contributed by atoms with Gasteiger partial charge in [0.15, 0.2) is 5.75 Å². The van der Waals surface area contributed by atoms with Gasteiger partial charge in [0.1, 0.15) is 33.1 Å². The lowest BCUT2D eigenvalue weighted by Gasteiger charge is -2.18. The number of hydrogen-bond acceptors (Lipinski definition) is 9. The molecule has 0 aliphatic heterocycles. The minimum atomic E-state index is -4.81. The Bertz CT molecular complexity index is 2100. The van der Waals surface area contributed by atoms with E-state index in [2.05, 4.69) is 20.6 Å². The Hall–Kier alpha value is -4.70. The van der Waals surface area contributed by atoms with E-state index in [1.54, 1.807) is 48.5 Å².